The van der Waals surface area contributed by atoms with Gasteiger partial charge in [-0.05, 0) is 58.2 Å². The van der Waals surface area contributed by atoms with E-state index in [1.807, 2.05) is 0 Å². The van der Waals surface area contributed by atoms with Gasteiger partial charge in [0.25, 0.3) is 0 Å². The van der Waals surface area contributed by atoms with Crippen molar-refractivity contribution >= 4 is 0 Å². The number of rotatable bonds is 4. The van der Waals surface area contributed by atoms with Crippen LogP contribution in [0.15, 0.2) is 0 Å². The van der Waals surface area contributed by atoms with E-state index in [-0.39, 0.29) is 0 Å². The Morgan fingerprint density at radius 2 is 2.12 bits per heavy atom. The monoisotopic (exact) mass is 237 g/mol. The van der Waals surface area contributed by atoms with Gasteiger partial charge in [0.15, 0.2) is 0 Å². The van der Waals surface area contributed by atoms with E-state index in [1.54, 1.807) is 0 Å². The molecular weight excluding hydrogens is 210 g/mol. The number of nitrogens with one attached hydrogen (secondary N) is 1. The van der Waals surface area contributed by atoms with E-state index in [4.69, 9.17) is 0 Å². The van der Waals surface area contributed by atoms with Crippen LogP contribution in [0.2, 0.25) is 0 Å². The summed E-state index contributed by atoms with van der Waals surface area (Å²) in [6.07, 6.45) is 7.12. The third-order valence-electron chi connectivity index (χ3n) is 4.83. The number of likely N-dealkylation sites (tertiary alicyclic amines) is 1. The third-order valence-corrected chi connectivity index (χ3v) is 4.83. The fourth-order valence-corrected chi connectivity index (χ4v) is 3.54. The van der Waals surface area contributed by atoms with Gasteiger partial charge in [0.1, 0.15) is 0 Å². The van der Waals surface area contributed by atoms with Gasteiger partial charge in [-0.3, -0.25) is 4.90 Å². The van der Waals surface area contributed by atoms with Gasteiger partial charge in [-0.25, -0.2) is 0 Å². The van der Waals surface area contributed by atoms with Crippen molar-refractivity contribution in [2.75, 3.05) is 39.8 Å². The second kappa shape index (κ2) is 5.25. The zero-order chi connectivity index (χ0) is 11.7. The molecule has 0 aromatic rings. The highest BCUT2D eigenvalue weighted by Gasteiger charge is 2.35. The van der Waals surface area contributed by atoms with Crippen molar-refractivity contribution < 1.29 is 0 Å². The van der Waals surface area contributed by atoms with E-state index >= 15 is 0 Å². The van der Waals surface area contributed by atoms with E-state index in [2.05, 4.69) is 22.2 Å². The van der Waals surface area contributed by atoms with Crippen molar-refractivity contribution in [3.63, 3.8) is 0 Å². The second-order valence-corrected chi connectivity index (χ2v) is 6.32. The average molecular weight is 237 g/mol. The minimum atomic E-state index is 0.831. The van der Waals surface area contributed by atoms with Crippen molar-refractivity contribution in [3.05, 3.63) is 0 Å². The molecule has 3 rings (SSSR count). The summed E-state index contributed by atoms with van der Waals surface area (Å²) in [4.78, 5) is 5.36. The van der Waals surface area contributed by atoms with Crippen LogP contribution in [0, 0.1) is 5.92 Å². The first kappa shape index (κ1) is 11.9. The third kappa shape index (κ3) is 3.01. The summed E-state index contributed by atoms with van der Waals surface area (Å²) >= 11 is 0. The van der Waals surface area contributed by atoms with E-state index in [0.29, 0.717) is 0 Å². The lowest BCUT2D eigenvalue weighted by Gasteiger charge is -2.31. The molecule has 0 amide bonds. The average Bonchev–Trinajstić information content (AvgIpc) is 3.08. The quantitative estimate of drug-likeness (QED) is 0.791. The standard InChI is InChI=1S/C14H27N3/c1-16(10-12-3-2-7-15-9-12)14-6-8-17(11-14)13-4-5-13/h12-15H,2-11H2,1H3. The van der Waals surface area contributed by atoms with Crippen LogP contribution < -0.4 is 5.32 Å². The fourth-order valence-electron chi connectivity index (χ4n) is 3.54. The highest BCUT2D eigenvalue weighted by atomic mass is 15.3. The first-order valence-electron chi connectivity index (χ1n) is 7.48. The van der Waals surface area contributed by atoms with Crippen LogP contribution in [0.4, 0.5) is 0 Å². The Hall–Kier alpha value is -0.120. The topological polar surface area (TPSA) is 18.5 Å². The number of likely N-dealkylation sites (N-methyl/N-ethyl adjacent to an activating group) is 1. The molecule has 1 aliphatic carbocycles. The van der Waals surface area contributed by atoms with Crippen molar-refractivity contribution in [3.8, 4) is 0 Å². The summed E-state index contributed by atoms with van der Waals surface area (Å²) in [5.41, 5.74) is 0. The molecule has 1 saturated carbocycles. The summed E-state index contributed by atoms with van der Waals surface area (Å²) < 4.78 is 0. The van der Waals surface area contributed by atoms with Crippen LogP contribution in [-0.2, 0) is 0 Å². The summed E-state index contributed by atoms with van der Waals surface area (Å²) in [5.74, 6) is 0.892. The lowest BCUT2D eigenvalue weighted by atomic mass is 9.98. The number of piperidine rings is 1. The largest absolute Gasteiger partial charge is 0.316 e. The molecule has 2 aliphatic heterocycles. The van der Waals surface area contributed by atoms with Crippen LogP contribution in [-0.4, -0.2) is 61.7 Å². The Bertz CT molecular complexity index is 246. The minimum absolute atomic E-state index is 0.831. The zero-order valence-corrected chi connectivity index (χ0v) is 11.2. The number of hydrogen-bond acceptors (Lipinski definition) is 3. The van der Waals surface area contributed by atoms with Gasteiger partial charge in [-0.15, -0.1) is 0 Å². The van der Waals surface area contributed by atoms with Crippen molar-refractivity contribution in [2.24, 2.45) is 5.92 Å². The van der Waals surface area contributed by atoms with Crippen molar-refractivity contribution in [1.29, 1.82) is 0 Å². The molecule has 1 N–H and O–H groups in total. The Morgan fingerprint density at radius 3 is 2.82 bits per heavy atom. The van der Waals surface area contributed by atoms with Crippen LogP contribution in [0.3, 0.4) is 0 Å². The molecule has 0 aromatic heterocycles. The normalized spacial score (nSPS) is 35.6. The van der Waals surface area contributed by atoms with Crippen LogP contribution in [0.5, 0.6) is 0 Å². The first-order chi connectivity index (χ1) is 8.33. The lowest BCUT2D eigenvalue weighted by molar-refractivity contribution is 0.184. The predicted molar refractivity (Wildman–Crippen MR) is 71.2 cm³/mol. The SMILES string of the molecule is CN(CC1CCCNC1)C1CCN(C2CC2)C1. The van der Waals surface area contributed by atoms with Crippen LogP contribution in [0.25, 0.3) is 0 Å². The molecule has 3 nitrogen and oxygen atoms in total. The molecule has 17 heavy (non-hydrogen) atoms. The summed E-state index contributed by atoms with van der Waals surface area (Å²) in [7, 11) is 2.34. The zero-order valence-electron chi connectivity index (χ0n) is 11.2. The highest BCUT2D eigenvalue weighted by molar-refractivity contribution is 4.92. The maximum atomic E-state index is 3.53. The summed E-state index contributed by atoms with van der Waals surface area (Å²) in [6.45, 7) is 6.46. The molecule has 0 bridgehead atoms. The van der Waals surface area contributed by atoms with E-state index in [1.165, 1.54) is 64.8 Å². The first-order valence-corrected chi connectivity index (χ1v) is 7.48. The van der Waals surface area contributed by atoms with E-state index in [9.17, 15) is 0 Å². The van der Waals surface area contributed by atoms with E-state index in [0.717, 1.165) is 18.0 Å². The number of hydrogen-bond donors (Lipinski definition) is 1. The van der Waals surface area contributed by atoms with Gasteiger partial charge in [0, 0.05) is 31.7 Å². The maximum Gasteiger partial charge on any atom is 0.0232 e. The molecule has 0 radical (unpaired) electrons. The van der Waals surface area contributed by atoms with Crippen LogP contribution >= 0.6 is 0 Å². The molecular formula is C14H27N3. The Kier molecular flexibility index (Phi) is 3.69. The van der Waals surface area contributed by atoms with Gasteiger partial charge >= 0.3 is 0 Å². The van der Waals surface area contributed by atoms with Crippen molar-refractivity contribution in [2.45, 2.75) is 44.2 Å². The molecule has 3 aliphatic rings. The van der Waals surface area contributed by atoms with E-state index < -0.39 is 0 Å². The molecule has 3 heteroatoms. The molecule has 0 spiro atoms. The minimum Gasteiger partial charge on any atom is -0.316 e. The van der Waals surface area contributed by atoms with Gasteiger partial charge < -0.3 is 10.2 Å². The fraction of sp³-hybridized carbons (Fsp3) is 1.00. The summed E-state index contributed by atoms with van der Waals surface area (Å²) in [6, 6.07) is 1.79. The van der Waals surface area contributed by atoms with Gasteiger partial charge in [0.05, 0.1) is 0 Å². The van der Waals surface area contributed by atoms with Crippen LogP contribution in [0.1, 0.15) is 32.1 Å². The maximum absolute atomic E-state index is 3.53. The molecule has 2 heterocycles. The highest BCUT2D eigenvalue weighted by Crippen LogP contribution is 2.31. The second-order valence-electron chi connectivity index (χ2n) is 6.32. The smallest absolute Gasteiger partial charge is 0.0232 e. The van der Waals surface area contributed by atoms with Gasteiger partial charge in [0.2, 0.25) is 0 Å². The summed E-state index contributed by atoms with van der Waals surface area (Å²) in [5, 5.41) is 3.53. The van der Waals surface area contributed by atoms with Gasteiger partial charge in [-0.1, -0.05) is 0 Å². The molecule has 3 fully saturated rings. The van der Waals surface area contributed by atoms with Gasteiger partial charge in [-0.2, -0.15) is 0 Å². The lowest BCUT2D eigenvalue weighted by Crippen LogP contribution is -2.42. The van der Waals surface area contributed by atoms with Crippen molar-refractivity contribution in [1.82, 2.24) is 15.1 Å². The Labute approximate surface area is 106 Å². The molecule has 2 atom stereocenters. The predicted octanol–water partition coefficient (Wildman–Crippen LogP) is 1.15. The molecule has 2 saturated heterocycles. The molecule has 0 aromatic carbocycles. The Balaban J connectivity index is 1.43. The molecule has 98 valence electrons. The number of nitrogens with zero attached hydrogens (tertiary/aromatic N) is 2. The molecule has 2 unspecified atom stereocenters. The Morgan fingerprint density at radius 1 is 1.24 bits per heavy atom.